The molecule has 4 nitrogen and oxygen atoms in total. The van der Waals surface area contributed by atoms with E-state index in [4.69, 9.17) is 0 Å². The predicted octanol–water partition coefficient (Wildman–Crippen LogP) is 3.05. The van der Waals surface area contributed by atoms with Crippen molar-refractivity contribution in [3.8, 4) is 0 Å². The number of hydrogen-bond acceptors (Lipinski definition) is 5. The van der Waals surface area contributed by atoms with Crippen LogP contribution in [0, 0.1) is 0 Å². The van der Waals surface area contributed by atoms with Crippen molar-refractivity contribution in [2.45, 2.75) is 16.9 Å². The lowest BCUT2D eigenvalue weighted by atomic mass is 10.3. The fraction of sp³-hybridized carbons (Fsp3) is 0.182. The highest BCUT2D eigenvalue weighted by Gasteiger charge is 2.46. The molecule has 0 radical (unpaired) electrons. The number of nitrogens with one attached hydrogen (secondary N) is 1. The highest BCUT2D eigenvalue weighted by atomic mass is 32.2. The molecule has 0 aliphatic carbocycles. The van der Waals surface area contributed by atoms with Crippen LogP contribution < -0.4 is 5.32 Å². The first kappa shape index (κ1) is 14.8. The summed E-state index contributed by atoms with van der Waals surface area (Å²) in [5, 5.41) is 4.76. The van der Waals surface area contributed by atoms with Crippen molar-refractivity contribution in [3.63, 3.8) is 0 Å². The molecule has 0 spiro atoms. The lowest BCUT2D eigenvalue weighted by Gasteiger charge is -2.09. The lowest BCUT2D eigenvalue weighted by molar-refractivity contribution is -0.0436. The molecule has 0 aliphatic heterocycles. The van der Waals surface area contributed by atoms with Gasteiger partial charge in [0.25, 0.3) is 9.84 Å². The first-order valence-corrected chi connectivity index (χ1v) is 7.75. The van der Waals surface area contributed by atoms with Crippen LogP contribution in [0.5, 0.6) is 0 Å². The van der Waals surface area contributed by atoms with E-state index in [-0.39, 0.29) is 0 Å². The van der Waals surface area contributed by atoms with Gasteiger partial charge in [-0.3, -0.25) is 0 Å². The highest BCUT2D eigenvalue weighted by molar-refractivity contribution is 7.92. The summed E-state index contributed by atoms with van der Waals surface area (Å²) in [6, 6.07) is 4.41. The maximum Gasteiger partial charge on any atom is 0.501 e. The number of benzene rings is 1. The van der Waals surface area contributed by atoms with Crippen molar-refractivity contribution in [2.24, 2.45) is 0 Å². The van der Waals surface area contributed by atoms with Crippen LogP contribution in [0.2, 0.25) is 0 Å². The van der Waals surface area contributed by atoms with E-state index in [1.165, 1.54) is 23.5 Å². The van der Waals surface area contributed by atoms with E-state index in [9.17, 15) is 21.6 Å². The SMILES string of the molecule is O=S(=O)(c1ccc(NCc2cscn2)cc1)C(F)(F)F. The molecule has 0 saturated heterocycles. The number of thiazole rings is 1. The van der Waals surface area contributed by atoms with E-state index in [2.05, 4.69) is 10.3 Å². The topological polar surface area (TPSA) is 59.1 Å². The highest BCUT2D eigenvalue weighted by Crippen LogP contribution is 2.30. The van der Waals surface area contributed by atoms with Crippen LogP contribution in [0.3, 0.4) is 0 Å². The minimum atomic E-state index is -5.29. The van der Waals surface area contributed by atoms with E-state index in [1.54, 1.807) is 5.51 Å². The Morgan fingerprint density at radius 1 is 1.20 bits per heavy atom. The molecule has 0 fully saturated rings. The van der Waals surface area contributed by atoms with Crippen molar-refractivity contribution < 1.29 is 21.6 Å². The molecule has 20 heavy (non-hydrogen) atoms. The molecule has 0 saturated carbocycles. The lowest BCUT2D eigenvalue weighted by Crippen LogP contribution is -2.23. The molecule has 2 aromatic rings. The Morgan fingerprint density at radius 3 is 2.35 bits per heavy atom. The number of rotatable bonds is 4. The molecule has 0 bridgehead atoms. The molecular weight excluding hydrogens is 313 g/mol. The Labute approximate surface area is 117 Å². The van der Waals surface area contributed by atoms with Crippen LogP contribution >= 0.6 is 11.3 Å². The molecule has 9 heteroatoms. The second kappa shape index (κ2) is 5.41. The Morgan fingerprint density at radius 2 is 1.85 bits per heavy atom. The number of anilines is 1. The molecule has 0 unspecified atom stereocenters. The second-order valence-electron chi connectivity index (χ2n) is 3.81. The molecule has 1 N–H and O–H groups in total. The van der Waals surface area contributed by atoms with Crippen molar-refractivity contribution in [1.82, 2.24) is 4.98 Å². The van der Waals surface area contributed by atoms with E-state index >= 15 is 0 Å². The minimum Gasteiger partial charge on any atom is -0.379 e. The number of alkyl halides is 3. The van der Waals surface area contributed by atoms with Gasteiger partial charge in [-0.05, 0) is 24.3 Å². The molecule has 1 aromatic carbocycles. The van der Waals surface area contributed by atoms with Crippen LogP contribution in [0.4, 0.5) is 18.9 Å². The predicted molar refractivity (Wildman–Crippen MR) is 69.1 cm³/mol. The smallest absolute Gasteiger partial charge is 0.379 e. The first-order valence-electron chi connectivity index (χ1n) is 5.33. The average Bonchev–Trinajstić information content (AvgIpc) is 2.88. The van der Waals surface area contributed by atoms with Gasteiger partial charge < -0.3 is 5.32 Å². The summed E-state index contributed by atoms with van der Waals surface area (Å²) in [7, 11) is -5.29. The summed E-state index contributed by atoms with van der Waals surface area (Å²) < 4.78 is 59.3. The van der Waals surface area contributed by atoms with E-state index in [1.807, 2.05) is 5.38 Å². The number of hydrogen-bond donors (Lipinski definition) is 1. The zero-order valence-corrected chi connectivity index (χ0v) is 11.5. The van der Waals surface area contributed by atoms with Gasteiger partial charge >= 0.3 is 5.51 Å². The number of sulfone groups is 1. The van der Waals surface area contributed by atoms with Crippen molar-refractivity contribution in [2.75, 3.05) is 5.32 Å². The molecular formula is C11H9F3N2O2S2. The van der Waals surface area contributed by atoms with Crippen molar-refractivity contribution in [3.05, 3.63) is 40.8 Å². The van der Waals surface area contributed by atoms with Gasteiger partial charge in [0.05, 0.1) is 22.6 Å². The van der Waals surface area contributed by atoms with Crippen LogP contribution in [-0.2, 0) is 16.4 Å². The fourth-order valence-corrected chi connectivity index (χ4v) is 2.72. The molecule has 108 valence electrons. The Bertz CT molecular complexity index is 665. The maximum absolute atomic E-state index is 12.3. The van der Waals surface area contributed by atoms with Gasteiger partial charge in [0, 0.05) is 11.1 Å². The second-order valence-corrected chi connectivity index (χ2v) is 6.47. The van der Waals surface area contributed by atoms with Gasteiger partial charge in [-0.1, -0.05) is 0 Å². The number of aromatic nitrogens is 1. The van der Waals surface area contributed by atoms with Crippen LogP contribution in [0.1, 0.15) is 5.69 Å². The van der Waals surface area contributed by atoms with Crippen LogP contribution in [0.15, 0.2) is 40.1 Å². The van der Waals surface area contributed by atoms with E-state index in [0.717, 1.165) is 17.8 Å². The van der Waals surface area contributed by atoms with E-state index in [0.29, 0.717) is 12.2 Å². The monoisotopic (exact) mass is 322 g/mol. The van der Waals surface area contributed by atoms with Gasteiger partial charge in [-0.2, -0.15) is 13.2 Å². The van der Waals surface area contributed by atoms with E-state index < -0.39 is 20.2 Å². The zero-order chi connectivity index (χ0) is 14.8. The summed E-state index contributed by atoms with van der Waals surface area (Å²) in [6.07, 6.45) is 0. The van der Waals surface area contributed by atoms with Crippen molar-refractivity contribution >= 4 is 26.9 Å². The van der Waals surface area contributed by atoms with Crippen LogP contribution in [-0.4, -0.2) is 18.9 Å². The Kier molecular flexibility index (Phi) is 4.00. The van der Waals surface area contributed by atoms with Gasteiger partial charge in [-0.25, -0.2) is 13.4 Å². The fourth-order valence-electron chi connectivity index (χ4n) is 1.40. The first-order chi connectivity index (χ1) is 9.30. The zero-order valence-electron chi connectivity index (χ0n) is 9.89. The molecule has 0 aliphatic rings. The molecule has 1 heterocycles. The van der Waals surface area contributed by atoms with Crippen LogP contribution in [0.25, 0.3) is 0 Å². The summed E-state index contributed by atoms with van der Waals surface area (Å²) in [5.41, 5.74) is -2.32. The number of halogens is 3. The Balaban J connectivity index is 2.11. The minimum absolute atomic E-state index is 0.412. The normalized spacial score (nSPS) is 12.3. The third kappa shape index (κ3) is 3.10. The Hall–Kier alpha value is -1.61. The molecule has 0 amide bonds. The molecule has 1 aromatic heterocycles. The van der Waals surface area contributed by atoms with Gasteiger partial charge in [-0.15, -0.1) is 11.3 Å². The molecule has 0 atom stereocenters. The summed E-state index contributed by atoms with van der Waals surface area (Å²) >= 11 is 1.43. The standard InChI is InChI=1S/C11H9F3N2O2S2/c12-11(13,14)20(17,18)10-3-1-8(2-4-10)15-5-9-6-19-7-16-9/h1-4,6-7,15H,5H2. The third-order valence-electron chi connectivity index (χ3n) is 2.43. The van der Waals surface area contributed by atoms with Crippen molar-refractivity contribution in [1.29, 1.82) is 0 Å². The van der Waals surface area contributed by atoms with Gasteiger partial charge in [0.2, 0.25) is 0 Å². The third-order valence-corrected chi connectivity index (χ3v) is 4.56. The summed E-state index contributed by atoms with van der Waals surface area (Å²) in [4.78, 5) is 3.26. The largest absolute Gasteiger partial charge is 0.501 e. The maximum atomic E-state index is 12.3. The quantitative estimate of drug-likeness (QED) is 0.940. The number of nitrogens with zero attached hydrogens (tertiary/aromatic N) is 1. The summed E-state index contributed by atoms with van der Waals surface area (Å²) in [6.45, 7) is 0.412. The van der Waals surface area contributed by atoms with Gasteiger partial charge in [0.15, 0.2) is 0 Å². The molecule has 2 rings (SSSR count). The average molecular weight is 322 g/mol. The van der Waals surface area contributed by atoms with Gasteiger partial charge in [0.1, 0.15) is 0 Å². The summed E-state index contributed by atoms with van der Waals surface area (Å²) in [5.74, 6) is 0.